The molecule has 0 aliphatic carbocycles. The molecule has 1 aromatic carbocycles. The van der Waals surface area contributed by atoms with Crippen LogP contribution in [0, 0.1) is 26.6 Å². The minimum Gasteiger partial charge on any atom is -0.288 e. The predicted molar refractivity (Wildman–Crippen MR) is 101 cm³/mol. The van der Waals surface area contributed by atoms with Gasteiger partial charge in [0.15, 0.2) is 5.82 Å². The molecule has 4 aromatic rings. The zero-order valence-corrected chi connectivity index (χ0v) is 15.6. The number of thiophene rings is 1. The predicted octanol–water partition coefficient (Wildman–Crippen LogP) is 3.79. The quantitative estimate of drug-likeness (QED) is 0.562. The fourth-order valence-corrected chi connectivity index (χ4v) is 4.08. The molecule has 9 heteroatoms. The monoisotopic (exact) mass is 382 g/mol. The van der Waals surface area contributed by atoms with E-state index in [0.29, 0.717) is 22.1 Å². The number of benzene rings is 1. The van der Waals surface area contributed by atoms with Crippen LogP contribution in [0.1, 0.15) is 26.8 Å². The molecule has 1 amide bonds. The Labute approximate surface area is 157 Å². The number of amides is 1. The van der Waals surface area contributed by atoms with Crippen molar-refractivity contribution >= 4 is 33.4 Å². The lowest BCUT2D eigenvalue weighted by molar-refractivity contribution is 0.102. The molecule has 0 saturated heterocycles. The standard InChI is InChI=1S/C18H15FN6OS/c1-8-13-9(2)20-10(3)21-17(13)27-14(8)16(26)23-18-22-15(24-25-18)11-4-6-12(19)7-5-11/h4-7H,1-3H3,(H2,22,23,24,25,26). The zero-order chi connectivity index (χ0) is 19.1. The van der Waals surface area contributed by atoms with E-state index in [1.54, 1.807) is 12.1 Å². The summed E-state index contributed by atoms with van der Waals surface area (Å²) in [5, 5.41) is 10.3. The maximum atomic E-state index is 13.0. The number of nitrogens with one attached hydrogen (secondary N) is 2. The summed E-state index contributed by atoms with van der Waals surface area (Å²) in [6, 6.07) is 5.84. The van der Waals surface area contributed by atoms with Crippen molar-refractivity contribution in [3.63, 3.8) is 0 Å². The van der Waals surface area contributed by atoms with E-state index in [2.05, 4.69) is 30.5 Å². The molecule has 27 heavy (non-hydrogen) atoms. The molecule has 0 bridgehead atoms. The molecule has 0 aliphatic rings. The van der Waals surface area contributed by atoms with Gasteiger partial charge in [-0.05, 0) is 50.6 Å². The lowest BCUT2D eigenvalue weighted by Crippen LogP contribution is -2.12. The maximum Gasteiger partial charge on any atom is 0.268 e. The number of aryl methyl sites for hydroxylation is 3. The van der Waals surface area contributed by atoms with Gasteiger partial charge in [0.05, 0.1) is 4.88 Å². The number of halogens is 1. The summed E-state index contributed by atoms with van der Waals surface area (Å²) in [5.74, 6) is 0.620. The molecule has 0 atom stereocenters. The number of hydrogen-bond donors (Lipinski definition) is 2. The van der Waals surface area contributed by atoms with Gasteiger partial charge in [-0.25, -0.2) is 14.4 Å². The average molecular weight is 382 g/mol. The third-order valence-electron chi connectivity index (χ3n) is 4.12. The lowest BCUT2D eigenvalue weighted by atomic mass is 10.1. The van der Waals surface area contributed by atoms with Crippen molar-refractivity contribution in [2.45, 2.75) is 20.8 Å². The highest BCUT2D eigenvalue weighted by atomic mass is 32.1. The molecule has 3 aromatic heterocycles. The summed E-state index contributed by atoms with van der Waals surface area (Å²) >= 11 is 1.31. The molecular weight excluding hydrogens is 367 g/mol. The summed E-state index contributed by atoms with van der Waals surface area (Å²) < 4.78 is 13.0. The van der Waals surface area contributed by atoms with Crippen LogP contribution >= 0.6 is 11.3 Å². The highest BCUT2D eigenvalue weighted by molar-refractivity contribution is 7.20. The van der Waals surface area contributed by atoms with Gasteiger partial charge in [-0.2, -0.15) is 4.98 Å². The van der Waals surface area contributed by atoms with Crippen molar-refractivity contribution in [2.24, 2.45) is 0 Å². The van der Waals surface area contributed by atoms with Gasteiger partial charge in [0.25, 0.3) is 5.91 Å². The van der Waals surface area contributed by atoms with Crippen LogP contribution in [0.5, 0.6) is 0 Å². The molecule has 2 N–H and O–H groups in total. The first-order valence-corrected chi connectivity index (χ1v) is 8.98. The average Bonchev–Trinajstić information content (AvgIpc) is 3.20. The Balaban J connectivity index is 1.61. The van der Waals surface area contributed by atoms with Gasteiger partial charge in [-0.3, -0.25) is 15.2 Å². The number of anilines is 1. The molecular formula is C18H15FN6OS. The van der Waals surface area contributed by atoms with Crippen LogP contribution in [0.3, 0.4) is 0 Å². The topological polar surface area (TPSA) is 96.5 Å². The number of hydrogen-bond acceptors (Lipinski definition) is 6. The first kappa shape index (κ1) is 17.2. The summed E-state index contributed by atoms with van der Waals surface area (Å²) in [4.78, 5) is 27.1. The Morgan fingerprint density at radius 2 is 1.85 bits per heavy atom. The van der Waals surface area contributed by atoms with Crippen LogP contribution in [-0.4, -0.2) is 31.1 Å². The Hall–Kier alpha value is -3.20. The number of carbonyl (C=O) groups excluding carboxylic acids is 1. The fraction of sp³-hybridized carbons (Fsp3) is 0.167. The van der Waals surface area contributed by atoms with Gasteiger partial charge < -0.3 is 0 Å². The van der Waals surface area contributed by atoms with Crippen LogP contribution in [0.2, 0.25) is 0 Å². The number of aromatic nitrogens is 5. The third-order valence-corrected chi connectivity index (χ3v) is 5.30. The number of carbonyl (C=O) groups is 1. The molecule has 0 spiro atoms. The molecule has 0 unspecified atom stereocenters. The van der Waals surface area contributed by atoms with Crippen LogP contribution in [0.25, 0.3) is 21.6 Å². The normalized spacial score (nSPS) is 11.1. The Kier molecular flexibility index (Phi) is 4.15. The third kappa shape index (κ3) is 3.17. The second-order valence-corrected chi connectivity index (χ2v) is 7.06. The van der Waals surface area contributed by atoms with E-state index in [1.807, 2.05) is 20.8 Å². The molecule has 3 heterocycles. The molecule has 136 valence electrons. The van der Waals surface area contributed by atoms with E-state index in [4.69, 9.17) is 0 Å². The van der Waals surface area contributed by atoms with E-state index in [9.17, 15) is 9.18 Å². The zero-order valence-electron chi connectivity index (χ0n) is 14.8. The SMILES string of the molecule is Cc1nc(C)c2c(C)c(C(=O)Nc3n[nH]c(-c4ccc(F)cc4)n3)sc2n1. The Morgan fingerprint density at radius 1 is 1.11 bits per heavy atom. The van der Waals surface area contributed by atoms with Crippen molar-refractivity contribution in [3.8, 4) is 11.4 Å². The second-order valence-electron chi connectivity index (χ2n) is 6.06. The van der Waals surface area contributed by atoms with E-state index < -0.39 is 0 Å². The highest BCUT2D eigenvalue weighted by Crippen LogP contribution is 2.31. The minimum absolute atomic E-state index is 0.148. The molecule has 7 nitrogen and oxygen atoms in total. The number of H-pyrrole nitrogens is 1. The van der Waals surface area contributed by atoms with Gasteiger partial charge in [0, 0.05) is 16.6 Å². The summed E-state index contributed by atoms with van der Waals surface area (Å²) in [6.07, 6.45) is 0. The fourth-order valence-electron chi connectivity index (χ4n) is 2.90. The summed E-state index contributed by atoms with van der Waals surface area (Å²) in [7, 11) is 0. The maximum absolute atomic E-state index is 13.0. The second kappa shape index (κ2) is 6.51. The van der Waals surface area contributed by atoms with Crippen LogP contribution < -0.4 is 5.32 Å². The van der Waals surface area contributed by atoms with Gasteiger partial charge in [-0.1, -0.05) is 0 Å². The molecule has 0 fully saturated rings. The van der Waals surface area contributed by atoms with Crippen LogP contribution in [0.4, 0.5) is 10.3 Å². The molecule has 0 aliphatic heterocycles. The lowest BCUT2D eigenvalue weighted by Gasteiger charge is -2.00. The molecule has 0 saturated carbocycles. The number of aromatic amines is 1. The largest absolute Gasteiger partial charge is 0.288 e. The molecule has 4 rings (SSSR count). The smallest absolute Gasteiger partial charge is 0.268 e. The van der Waals surface area contributed by atoms with Crippen molar-refractivity contribution in [2.75, 3.05) is 5.32 Å². The minimum atomic E-state index is -0.333. The van der Waals surface area contributed by atoms with Crippen molar-refractivity contribution in [1.82, 2.24) is 25.1 Å². The Morgan fingerprint density at radius 3 is 2.59 bits per heavy atom. The van der Waals surface area contributed by atoms with E-state index in [0.717, 1.165) is 21.5 Å². The summed E-state index contributed by atoms with van der Waals surface area (Å²) in [6.45, 7) is 5.61. The van der Waals surface area contributed by atoms with Crippen molar-refractivity contribution in [3.05, 3.63) is 52.0 Å². The molecule has 0 radical (unpaired) electrons. The van der Waals surface area contributed by atoms with Crippen molar-refractivity contribution < 1.29 is 9.18 Å². The number of nitrogens with zero attached hydrogens (tertiary/aromatic N) is 4. The van der Waals surface area contributed by atoms with E-state index >= 15 is 0 Å². The number of rotatable bonds is 3. The van der Waals surface area contributed by atoms with Gasteiger partial charge in [-0.15, -0.1) is 16.4 Å². The van der Waals surface area contributed by atoms with Crippen molar-refractivity contribution in [1.29, 1.82) is 0 Å². The van der Waals surface area contributed by atoms with E-state index in [1.165, 1.54) is 23.5 Å². The van der Waals surface area contributed by atoms with Gasteiger partial charge in [0.2, 0.25) is 5.95 Å². The number of fused-ring (bicyclic) bond motifs is 1. The summed E-state index contributed by atoms with van der Waals surface area (Å²) in [5.41, 5.74) is 2.35. The first-order valence-electron chi connectivity index (χ1n) is 8.16. The van der Waals surface area contributed by atoms with Crippen LogP contribution in [0.15, 0.2) is 24.3 Å². The highest BCUT2D eigenvalue weighted by Gasteiger charge is 2.20. The van der Waals surface area contributed by atoms with Gasteiger partial charge in [0.1, 0.15) is 16.5 Å². The first-order chi connectivity index (χ1) is 12.9. The van der Waals surface area contributed by atoms with Gasteiger partial charge >= 0.3 is 0 Å². The Bertz CT molecular complexity index is 1160. The van der Waals surface area contributed by atoms with Crippen LogP contribution in [-0.2, 0) is 0 Å². The van der Waals surface area contributed by atoms with E-state index in [-0.39, 0.29) is 17.7 Å².